The van der Waals surface area contributed by atoms with Gasteiger partial charge in [0.15, 0.2) is 0 Å². The molecule has 1 saturated carbocycles. The van der Waals surface area contributed by atoms with Crippen LogP contribution in [0.3, 0.4) is 0 Å². The summed E-state index contributed by atoms with van der Waals surface area (Å²) in [4.78, 5) is 11.7. The van der Waals surface area contributed by atoms with Crippen molar-refractivity contribution in [1.82, 2.24) is 5.32 Å². The van der Waals surface area contributed by atoms with Crippen LogP contribution in [0.15, 0.2) is 30.3 Å². The van der Waals surface area contributed by atoms with Crippen molar-refractivity contribution in [3.8, 4) is 0 Å². The molecule has 1 fully saturated rings. The Morgan fingerprint density at radius 1 is 1.22 bits per heavy atom. The number of hydrogen-bond acceptors (Lipinski definition) is 2. The quantitative estimate of drug-likeness (QED) is 0.885. The highest BCUT2D eigenvalue weighted by molar-refractivity contribution is 7.84. The first kappa shape index (κ1) is 13.3. The van der Waals surface area contributed by atoms with Crippen molar-refractivity contribution >= 4 is 16.7 Å². The molecule has 0 aliphatic heterocycles. The van der Waals surface area contributed by atoms with Gasteiger partial charge in [-0.3, -0.25) is 9.00 Å². The monoisotopic (exact) mass is 265 g/mol. The first-order valence-corrected chi connectivity index (χ1v) is 7.91. The Bertz CT molecular complexity index is 413. The Labute approximate surface area is 110 Å². The minimum Gasteiger partial charge on any atom is -0.353 e. The minimum atomic E-state index is -1.11. The van der Waals surface area contributed by atoms with E-state index in [9.17, 15) is 9.00 Å². The van der Waals surface area contributed by atoms with Gasteiger partial charge in [-0.25, -0.2) is 0 Å². The van der Waals surface area contributed by atoms with E-state index in [1.54, 1.807) is 0 Å². The van der Waals surface area contributed by atoms with E-state index in [0.717, 1.165) is 18.4 Å². The highest BCUT2D eigenvalue weighted by Gasteiger charge is 2.18. The summed E-state index contributed by atoms with van der Waals surface area (Å²) in [5.41, 5.74) is 1.02. The predicted molar refractivity (Wildman–Crippen MR) is 73.6 cm³/mol. The SMILES string of the molecule is O=C(CS(=O)Cc1ccccc1)NC1CCCC1. The average molecular weight is 265 g/mol. The van der Waals surface area contributed by atoms with Crippen molar-refractivity contribution in [1.29, 1.82) is 0 Å². The van der Waals surface area contributed by atoms with Crippen molar-refractivity contribution in [2.24, 2.45) is 0 Å². The van der Waals surface area contributed by atoms with Crippen molar-refractivity contribution in [2.75, 3.05) is 5.75 Å². The van der Waals surface area contributed by atoms with Crippen LogP contribution in [-0.4, -0.2) is 21.9 Å². The molecule has 0 heterocycles. The van der Waals surface area contributed by atoms with Crippen molar-refractivity contribution in [3.05, 3.63) is 35.9 Å². The molecule has 0 bridgehead atoms. The highest BCUT2D eigenvalue weighted by Crippen LogP contribution is 2.17. The lowest BCUT2D eigenvalue weighted by Crippen LogP contribution is -2.35. The van der Waals surface area contributed by atoms with E-state index in [4.69, 9.17) is 0 Å². The summed E-state index contributed by atoms with van der Waals surface area (Å²) in [6.07, 6.45) is 4.52. The minimum absolute atomic E-state index is 0.0730. The van der Waals surface area contributed by atoms with Gasteiger partial charge in [-0.15, -0.1) is 0 Å². The van der Waals surface area contributed by atoms with Gasteiger partial charge in [0.05, 0.1) is 0 Å². The molecule has 0 saturated heterocycles. The molecule has 1 atom stereocenters. The summed E-state index contributed by atoms with van der Waals surface area (Å²) in [6, 6.07) is 9.96. The fraction of sp³-hybridized carbons (Fsp3) is 0.500. The molecule has 4 heteroatoms. The maximum atomic E-state index is 11.8. The van der Waals surface area contributed by atoms with Crippen LogP contribution in [0, 0.1) is 0 Å². The molecule has 98 valence electrons. The normalized spacial score (nSPS) is 17.6. The lowest BCUT2D eigenvalue weighted by atomic mass is 10.2. The second kappa shape index (κ2) is 6.69. The molecular weight excluding hydrogens is 246 g/mol. The third-order valence-electron chi connectivity index (χ3n) is 3.18. The van der Waals surface area contributed by atoms with E-state index in [2.05, 4.69) is 5.32 Å². The molecule has 1 aliphatic rings. The third kappa shape index (κ3) is 4.26. The summed E-state index contributed by atoms with van der Waals surface area (Å²) in [5, 5.41) is 2.96. The van der Waals surface area contributed by atoms with Crippen LogP contribution in [-0.2, 0) is 21.3 Å². The molecule has 2 rings (SSSR count). The molecule has 0 aromatic heterocycles. The molecule has 1 N–H and O–H groups in total. The van der Waals surface area contributed by atoms with E-state index in [-0.39, 0.29) is 11.7 Å². The Hall–Kier alpha value is -1.16. The van der Waals surface area contributed by atoms with E-state index < -0.39 is 10.8 Å². The summed E-state index contributed by atoms with van der Waals surface area (Å²) in [6.45, 7) is 0. The molecule has 1 aromatic carbocycles. The second-order valence-corrected chi connectivity index (χ2v) is 6.22. The van der Waals surface area contributed by atoms with E-state index in [0.29, 0.717) is 11.8 Å². The van der Waals surface area contributed by atoms with Crippen LogP contribution in [0.25, 0.3) is 0 Å². The number of benzene rings is 1. The maximum Gasteiger partial charge on any atom is 0.232 e. The number of amides is 1. The van der Waals surface area contributed by atoms with Crippen LogP contribution in [0.4, 0.5) is 0 Å². The van der Waals surface area contributed by atoms with Crippen LogP contribution >= 0.6 is 0 Å². The first-order valence-electron chi connectivity index (χ1n) is 6.42. The van der Waals surface area contributed by atoms with Gasteiger partial charge >= 0.3 is 0 Å². The van der Waals surface area contributed by atoms with Gasteiger partial charge in [0.2, 0.25) is 5.91 Å². The molecule has 0 radical (unpaired) electrons. The number of rotatable bonds is 5. The summed E-state index contributed by atoms with van der Waals surface area (Å²) < 4.78 is 11.8. The molecule has 18 heavy (non-hydrogen) atoms. The zero-order valence-electron chi connectivity index (χ0n) is 10.4. The number of carbonyl (C=O) groups is 1. The van der Waals surface area contributed by atoms with E-state index in [1.165, 1.54) is 12.8 Å². The van der Waals surface area contributed by atoms with Gasteiger partial charge in [0.1, 0.15) is 5.75 Å². The largest absolute Gasteiger partial charge is 0.353 e. The van der Waals surface area contributed by atoms with Crippen LogP contribution in [0.5, 0.6) is 0 Å². The lowest BCUT2D eigenvalue weighted by molar-refractivity contribution is -0.119. The zero-order chi connectivity index (χ0) is 12.8. The van der Waals surface area contributed by atoms with Gasteiger partial charge in [0, 0.05) is 22.6 Å². The molecule has 1 aromatic rings. The summed E-state index contributed by atoms with van der Waals surface area (Å²) >= 11 is 0. The molecule has 1 aliphatic carbocycles. The van der Waals surface area contributed by atoms with Crippen LogP contribution < -0.4 is 5.32 Å². The zero-order valence-corrected chi connectivity index (χ0v) is 11.2. The number of carbonyl (C=O) groups excluding carboxylic acids is 1. The van der Waals surface area contributed by atoms with Crippen molar-refractivity contribution < 1.29 is 9.00 Å². The van der Waals surface area contributed by atoms with E-state index >= 15 is 0 Å². The standard InChI is InChI=1S/C14H19NO2S/c16-14(15-13-8-4-5-9-13)11-18(17)10-12-6-2-1-3-7-12/h1-3,6-7,13H,4-5,8-11H2,(H,15,16). The fourth-order valence-corrected chi connectivity index (χ4v) is 3.34. The molecule has 0 spiro atoms. The van der Waals surface area contributed by atoms with E-state index in [1.807, 2.05) is 30.3 Å². The number of hydrogen-bond donors (Lipinski definition) is 1. The van der Waals surface area contributed by atoms with Gasteiger partial charge in [0.25, 0.3) is 0 Å². The molecule has 1 unspecified atom stereocenters. The topological polar surface area (TPSA) is 46.2 Å². The van der Waals surface area contributed by atoms with Crippen LogP contribution in [0.1, 0.15) is 31.2 Å². The summed E-state index contributed by atoms with van der Waals surface area (Å²) in [5.74, 6) is 0.501. The van der Waals surface area contributed by atoms with Crippen molar-refractivity contribution in [3.63, 3.8) is 0 Å². The highest BCUT2D eigenvalue weighted by atomic mass is 32.2. The maximum absolute atomic E-state index is 11.8. The molecular formula is C14H19NO2S. The Balaban J connectivity index is 1.75. The Kier molecular flexibility index (Phi) is 4.93. The smallest absolute Gasteiger partial charge is 0.232 e. The Morgan fingerprint density at radius 2 is 1.89 bits per heavy atom. The number of nitrogens with one attached hydrogen (secondary N) is 1. The van der Waals surface area contributed by atoms with Gasteiger partial charge < -0.3 is 5.32 Å². The molecule has 3 nitrogen and oxygen atoms in total. The third-order valence-corrected chi connectivity index (χ3v) is 4.42. The van der Waals surface area contributed by atoms with Crippen molar-refractivity contribution in [2.45, 2.75) is 37.5 Å². The lowest BCUT2D eigenvalue weighted by Gasteiger charge is -2.11. The second-order valence-electron chi connectivity index (χ2n) is 4.76. The Morgan fingerprint density at radius 3 is 2.56 bits per heavy atom. The fourth-order valence-electron chi connectivity index (χ4n) is 2.30. The summed E-state index contributed by atoms with van der Waals surface area (Å²) in [7, 11) is -1.11. The average Bonchev–Trinajstić information content (AvgIpc) is 2.82. The molecule has 1 amide bonds. The van der Waals surface area contributed by atoms with Gasteiger partial charge in [-0.2, -0.15) is 0 Å². The van der Waals surface area contributed by atoms with Crippen LogP contribution in [0.2, 0.25) is 0 Å². The van der Waals surface area contributed by atoms with Gasteiger partial charge in [-0.05, 0) is 18.4 Å². The van der Waals surface area contributed by atoms with Gasteiger partial charge in [-0.1, -0.05) is 43.2 Å². The predicted octanol–water partition coefficient (Wildman–Crippen LogP) is 1.99. The first-order chi connectivity index (χ1) is 8.74.